The second kappa shape index (κ2) is 10.0. The van der Waals surface area contributed by atoms with Crippen LogP contribution in [-0.2, 0) is 14.5 Å². The molecular formula is C23H28FN5O3S. The lowest BCUT2D eigenvalue weighted by molar-refractivity contribution is -0.121. The Morgan fingerprint density at radius 1 is 1.27 bits per heavy atom. The second-order valence-corrected chi connectivity index (χ2v) is 10.1. The Morgan fingerprint density at radius 3 is 2.73 bits per heavy atom. The highest BCUT2D eigenvalue weighted by Gasteiger charge is 2.15. The average Bonchev–Trinajstić information content (AvgIpc) is 2.72. The topological polar surface area (TPSA) is 105 Å². The lowest BCUT2D eigenvalue weighted by Crippen LogP contribution is -2.33. The van der Waals surface area contributed by atoms with Crippen molar-refractivity contribution in [3.63, 3.8) is 0 Å². The van der Waals surface area contributed by atoms with E-state index in [4.69, 9.17) is 4.74 Å². The molecular weight excluding hydrogens is 445 g/mol. The quantitative estimate of drug-likeness (QED) is 0.409. The van der Waals surface area contributed by atoms with E-state index in [1.807, 2.05) is 13.0 Å². The largest absolute Gasteiger partial charge is 0.487 e. The van der Waals surface area contributed by atoms with E-state index in [1.54, 1.807) is 26.0 Å². The van der Waals surface area contributed by atoms with E-state index in [9.17, 15) is 13.4 Å². The van der Waals surface area contributed by atoms with E-state index < -0.39 is 15.5 Å². The number of hydrogen-bond donors (Lipinski definition) is 3. The zero-order valence-corrected chi connectivity index (χ0v) is 19.9. The number of hydrogen-bond acceptors (Lipinski definition) is 6. The van der Waals surface area contributed by atoms with Gasteiger partial charge >= 0.3 is 0 Å². The third-order valence-electron chi connectivity index (χ3n) is 4.70. The maximum absolute atomic E-state index is 14.0. The summed E-state index contributed by atoms with van der Waals surface area (Å²) in [5, 5.41) is 6.73. The number of carbonyl (C=O) groups excluding carboxylic acids is 1. The lowest BCUT2D eigenvalue weighted by Gasteiger charge is -2.19. The first kappa shape index (κ1) is 24.2. The summed E-state index contributed by atoms with van der Waals surface area (Å²) >= 11 is 0. The molecule has 0 saturated carbocycles. The van der Waals surface area contributed by atoms with Gasteiger partial charge in [-0.2, -0.15) is 0 Å². The van der Waals surface area contributed by atoms with Crippen molar-refractivity contribution in [1.29, 1.82) is 0 Å². The van der Waals surface area contributed by atoms with Gasteiger partial charge in [0.2, 0.25) is 5.91 Å². The molecule has 0 saturated heterocycles. The number of fused-ring (bicyclic) bond motifs is 1. The molecule has 3 rings (SSSR count). The molecule has 0 fully saturated rings. The van der Waals surface area contributed by atoms with Crippen molar-refractivity contribution in [2.24, 2.45) is 0 Å². The first-order chi connectivity index (χ1) is 15.6. The molecule has 1 amide bonds. The molecule has 2 atom stereocenters. The van der Waals surface area contributed by atoms with E-state index in [1.165, 1.54) is 24.7 Å². The van der Waals surface area contributed by atoms with Crippen LogP contribution in [0.25, 0.3) is 10.9 Å². The van der Waals surface area contributed by atoms with Crippen LogP contribution in [0, 0.1) is 12.7 Å². The van der Waals surface area contributed by atoms with Crippen LogP contribution in [0.4, 0.5) is 21.6 Å². The molecule has 2 aromatic carbocycles. The molecule has 8 nitrogen and oxygen atoms in total. The highest BCUT2D eigenvalue weighted by atomic mass is 32.2. The summed E-state index contributed by atoms with van der Waals surface area (Å²) in [6, 6.07) is 7.78. The van der Waals surface area contributed by atoms with Crippen molar-refractivity contribution in [2.75, 3.05) is 22.8 Å². The van der Waals surface area contributed by atoms with Gasteiger partial charge in [-0.1, -0.05) is 6.92 Å². The number of aryl methyl sites for hydroxylation is 1. The molecule has 0 aliphatic heterocycles. The zero-order valence-electron chi connectivity index (χ0n) is 19.1. The third kappa shape index (κ3) is 6.55. The van der Waals surface area contributed by atoms with Gasteiger partial charge in [0.15, 0.2) is 0 Å². The van der Waals surface area contributed by atoms with Gasteiger partial charge in [0.05, 0.1) is 17.7 Å². The van der Waals surface area contributed by atoms with Gasteiger partial charge in [0, 0.05) is 39.5 Å². The van der Waals surface area contributed by atoms with E-state index in [-0.39, 0.29) is 12.0 Å². The SMILES string of the molecule is C=S(C)(=O)Nc1cc(C)c2c(Nc3ccc(F)cc3OC(C)CNC(=O)CC)ncnc2c1. The average molecular weight is 474 g/mol. The van der Waals surface area contributed by atoms with Crippen LogP contribution in [0.3, 0.4) is 0 Å². The fourth-order valence-electron chi connectivity index (χ4n) is 3.26. The molecule has 33 heavy (non-hydrogen) atoms. The van der Waals surface area contributed by atoms with Gasteiger partial charge in [-0.05, 0) is 49.5 Å². The van der Waals surface area contributed by atoms with Crippen LogP contribution < -0.4 is 20.1 Å². The predicted octanol–water partition coefficient (Wildman–Crippen LogP) is 3.79. The van der Waals surface area contributed by atoms with E-state index in [0.717, 1.165) is 10.9 Å². The Hall–Kier alpha value is -3.40. The number of ether oxygens (including phenoxy) is 1. The first-order valence-electron chi connectivity index (χ1n) is 10.4. The maximum atomic E-state index is 14.0. The van der Waals surface area contributed by atoms with Crippen molar-refractivity contribution in [2.45, 2.75) is 33.3 Å². The minimum Gasteiger partial charge on any atom is -0.487 e. The smallest absolute Gasteiger partial charge is 0.219 e. The van der Waals surface area contributed by atoms with Gasteiger partial charge in [-0.3, -0.25) is 4.79 Å². The van der Waals surface area contributed by atoms with Gasteiger partial charge in [-0.15, -0.1) is 0 Å². The van der Waals surface area contributed by atoms with Crippen LogP contribution in [0.5, 0.6) is 5.75 Å². The summed E-state index contributed by atoms with van der Waals surface area (Å²) in [5.74, 6) is 3.89. The summed E-state index contributed by atoms with van der Waals surface area (Å²) < 4.78 is 34.8. The summed E-state index contributed by atoms with van der Waals surface area (Å²) in [4.78, 5) is 20.2. The number of benzene rings is 2. The van der Waals surface area contributed by atoms with Crippen LogP contribution in [0.15, 0.2) is 36.7 Å². The molecule has 0 aliphatic carbocycles. The Kier molecular flexibility index (Phi) is 7.37. The highest BCUT2D eigenvalue weighted by Crippen LogP contribution is 2.33. The molecule has 3 aromatic rings. The molecule has 176 valence electrons. The molecule has 0 aliphatic rings. The Bertz CT molecular complexity index is 1280. The molecule has 0 bridgehead atoms. The normalized spacial score (nSPS) is 13.7. The maximum Gasteiger partial charge on any atom is 0.219 e. The first-order valence-corrected chi connectivity index (χ1v) is 12.5. The minimum absolute atomic E-state index is 0.0856. The summed E-state index contributed by atoms with van der Waals surface area (Å²) in [7, 11) is -2.44. The Morgan fingerprint density at radius 2 is 2.03 bits per heavy atom. The van der Waals surface area contributed by atoms with Crippen LogP contribution >= 0.6 is 0 Å². The minimum atomic E-state index is -2.44. The third-order valence-corrected chi connectivity index (χ3v) is 5.37. The number of anilines is 3. The van der Waals surface area contributed by atoms with Crippen molar-refractivity contribution >= 4 is 49.6 Å². The number of halogens is 1. The van der Waals surface area contributed by atoms with Crippen molar-refractivity contribution in [3.8, 4) is 5.75 Å². The van der Waals surface area contributed by atoms with E-state index in [2.05, 4.69) is 31.2 Å². The standard InChI is InChI=1S/C23H28FN5O3S/c1-6-21(30)25-12-15(3)32-20-10-16(24)7-8-18(20)28-23-22-14(2)9-17(29-33(4,5)31)11-19(22)26-13-27-23/h7-11,13,15H,4,6,12H2,1-3,5H3,(H,25,30)(H,29,31)(H,26,27,28). The number of nitrogens with one attached hydrogen (secondary N) is 3. The molecule has 1 heterocycles. The molecule has 10 heteroatoms. The van der Waals surface area contributed by atoms with E-state index in [0.29, 0.717) is 41.4 Å². The monoisotopic (exact) mass is 473 g/mol. The predicted molar refractivity (Wildman–Crippen MR) is 132 cm³/mol. The second-order valence-electron chi connectivity index (χ2n) is 7.87. The molecule has 2 unspecified atom stereocenters. The number of nitrogens with zero attached hydrogens (tertiary/aromatic N) is 2. The Balaban J connectivity index is 1.91. The number of rotatable bonds is 9. The van der Waals surface area contributed by atoms with Crippen molar-refractivity contribution in [3.05, 3.63) is 48.0 Å². The van der Waals surface area contributed by atoms with Crippen LogP contribution in [-0.4, -0.2) is 44.9 Å². The van der Waals surface area contributed by atoms with Gasteiger partial charge in [-0.25, -0.2) is 18.6 Å². The molecule has 1 aromatic heterocycles. The fraction of sp³-hybridized carbons (Fsp3) is 0.304. The number of aromatic nitrogens is 2. The van der Waals surface area contributed by atoms with Gasteiger partial charge in [0.1, 0.15) is 29.8 Å². The summed E-state index contributed by atoms with van der Waals surface area (Å²) in [5.41, 5.74) is 2.64. The van der Waals surface area contributed by atoms with E-state index >= 15 is 0 Å². The van der Waals surface area contributed by atoms with Crippen molar-refractivity contribution < 1.29 is 18.1 Å². The highest BCUT2D eigenvalue weighted by molar-refractivity contribution is 8.00. The van der Waals surface area contributed by atoms with Crippen LogP contribution in [0.1, 0.15) is 25.8 Å². The fourth-order valence-corrected chi connectivity index (χ4v) is 3.88. The Labute approximate surface area is 193 Å². The lowest BCUT2D eigenvalue weighted by atomic mass is 10.1. The van der Waals surface area contributed by atoms with Crippen LogP contribution in [0.2, 0.25) is 0 Å². The van der Waals surface area contributed by atoms with Crippen molar-refractivity contribution in [1.82, 2.24) is 15.3 Å². The number of carbonyl (C=O) groups is 1. The summed E-state index contributed by atoms with van der Waals surface area (Å²) in [6.07, 6.45) is 2.92. The molecule has 3 N–H and O–H groups in total. The zero-order chi connectivity index (χ0) is 24.2. The molecule has 0 radical (unpaired) electrons. The molecule has 0 spiro atoms. The number of amides is 1. The summed E-state index contributed by atoms with van der Waals surface area (Å²) in [6.45, 7) is 5.74. The van der Waals surface area contributed by atoms with Gasteiger partial charge in [0.25, 0.3) is 0 Å². The van der Waals surface area contributed by atoms with Gasteiger partial charge < -0.3 is 20.1 Å².